The van der Waals surface area contributed by atoms with Crippen LogP contribution in [0, 0.1) is 5.92 Å². The number of rotatable bonds is 6. The van der Waals surface area contributed by atoms with E-state index in [0.29, 0.717) is 28.2 Å². The first-order chi connectivity index (χ1) is 9.52. The Balaban J connectivity index is 1.95. The van der Waals surface area contributed by atoms with Crippen LogP contribution in [0.25, 0.3) is 0 Å². The Morgan fingerprint density at radius 1 is 1.45 bits per heavy atom. The third kappa shape index (κ3) is 3.85. The van der Waals surface area contributed by atoms with E-state index in [1.165, 1.54) is 12.8 Å². The lowest BCUT2D eigenvalue weighted by Crippen LogP contribution is -2.43. The van der Waals surface area contributed by atoms with Crippen molar-refractivity contribution in [3.63, 3.8) is 0 Å². The van der Waals surface area contributed by atoms with E-state index in [4.69, 9.17) is 28.9 Å². The largest absolute Gasteiger partial charge is 0.329 e. The van der Waals surface area contributed by atoms with Gasteiger partial charge in [-0.1, -0.05) is 29.3 Å². The molecule has 0 heterocycles. The molecule has 0 saturated heterocycles. The summed E-state index contributed by atoms with van der Waals surface area (Å²) in [5.41, 5.74) is 6.24. The number of nitrogens with zero attached hydrogens (tertiary/aromatic N) is 1. The highest BCUT2D eigenvalue weighted by atomic mass is 35.5. The van der Waals surface area contributed by atoms with Gasteiger partial charge in [0, 0.05) is 12.6 Å². The summed E-state index contributed by atoms with van der Waals surface area (Å²) in [4.78, 5) is 14.1. The average molecular weight is 316 g/mol. The van der Waals surface area contributed by atoms with Gasteiger partial charge in [-0.3, -0.25) is 9.69 Å². The van der Waals surface area contributed by atoms with Gasteiger partial charge >= 0.3 is 0 Å². The zero-order valence-electron chi connectivity index (χ0n) is 11.4. The number of carbonyl (C=O) groups excluding carboxylic acids is 1. The number of para-hydroxylation sites is 1. The van der Waals surface area contributed by atoms with Gasteiger partial charge in [-0.25, -0.2) is 0 Å². The van der Waals surface area contributed by atoms with Crippen LogP contribution in [-0.2, 0) is 4.79 Å². The van der Waals surface area contributed by atoms with E-state index >= 15 is 0 Å². The lowest BCUT2D eigenvalue weighted by atomic mass is 10.1. The fraction of sp³-hybridized carbons (Fsp3) is 0.500. The Bertz CT molecular complexity index is 471. The molecule has 3 N–H and O–H groups in total. The van der Waals surface area contributed by atoms with Crippen molar-refractivity contribution in [2.45, 2.75) is 18.9 Å². The van der Waals surface area contributed by atoms with Crippen molar-refractivity contribution in [1.82, 2.24) is 4.90 Å². The molecule has 1 unspecified atom stereocenters. The highest BCUT2D eigenvalue weighted by Crippen LogP contribution is 2.34. The van der Waals surface area contributed by atoms with Gasteiger partial charge in [0.15, 0.2) is 0 Å². The number of hydrogen-bond donors (Lipinski definition) is 2. The first-order valence-corrected chi connectivity index (χ1v) is 7.42. The van der Waals surface area contributed by atoms with Crippen LogP contribution in [0.5, 0.6) is 0 Å². The van der Waals surface area contributed by atoms with Crippen molar-refractivity contribution in [1.29, 1.82) is 0 Å². The molecule has 2 rings (SSSR count). The summed E-state index contributed by atoms with van der Waals surface area (Å²) in [7, 11) is 1.92. The molecule has 1 fully saturated rings. The number of amides is 1. The SMILES string of the molecule is CN(CC(=O)Nc1c(Cl)cccc1Cl)C(CN)C1CC1. The average Bonchev–Trinajstić information content (AvgIpc) is 3.19. The number of anilines is 1. The van der Waals surface area contributed by atoms with Crippen molar-refractivity contribution >= 4 is 34.8 Å². The fourth-order valence-corrected chi connectivity index (χ4v) is 2.85. The third-order valence-corrected chi connectivity index (χ3v) is 4.22. The third-order valence-electron chi connectivity index (χ3n) is 3.59. The molecule has 0 aromatic heterocycles. The number of halogens is 2. The van der Waals surface area contributed by atoms with E-state index in [9.17, 15) is 4.79 Å². The predicted octanol–water partition coefficient (Wildman–Crippen LogP) is 2.60. The first kappa shape index (κ1) is 15.6. The van der Waals surface area contributed by atoms with Crippen LogP contribution in [0.3, 0.4) is 0 Å². The Kier molecular flexibility index (Phi) is 5.27. The highest BCUT2D eigenvalue weighted by Gasteiger charge is 2.33. The quantitative estimate of drug-likeness (QED) is 0.848. The lowest BCUT2D eigenvalue weighted by Gasteiger charge is -2.26. The molecule has 1 aromatic rings. The lowest BCUT2D eigenvalue weighted by molar-refractivity contribution is -0.117. The minimum Gasteiger partial charge on any atom is -0.329 e. The second-order valence-electron chi connectivity index (χ2n) is 5.20. The molecule has 1 aromatic carbocycles. The normalized spacial score (nSPS) is 16.2. The van der Waals surface area contributed by atoms with Crippen LogP contribution < -0.4 is 11.1 Å². The Morgan fingerprint density at radius 3 is 2.55 bits per heavy atom. The number of nitrogens with one attached hydrogen (secondary N) is 1. The maximum atomic E-state index is 12.1. The molecule has 0 radical (unpaired) electrons. The molecule has 0 bridgehead atoms. The molecule has 1 aliphatic carbocycles. The van der Waals surface area contributed by atoms with E-state index in [2.05, 4.69) is 5.32 Å². The maximum Gasteiger partial charge on any atom is 0.238 e. The second kappa shape index (κ2) is 6.76. The molecule has 110 valence electrons. The zero-order chi connectivity index (χ0) is 14.7. The molecule has 1 aliphatic rings. The number of benzene rings is 1. The van der Waals surface area contributed by atoms with Gasteiger partial charge < -0.3 is 11.1 Å². The molecular formula is C14H19Cl2N3O. The van der Waals surface area contributed by atoms with Crippen LogP contribution in [0.15, 0.2) is 18.2 Å². The summed E-state index contributed by atoms with van der Waals surface area (Å²) in [5, 5.41) is 3.63. The topological polar surface area (TPSA) is 58.4 Å². The molecule has 1 amide bonds. The van der Waals surface area contributed by atoms with Gasteiger partial charge in [-0.15, -0.1) is 0 Å². The first-order valence-electron chi connectivity index (χ1n) is 6.67. The van der Waals surface area contributed by atoms with Gasteiger partial charge in [0.05, 0.1) is 22.3 Å². The van der Waals surface area contributed by atoms with Gasteiger partial charge in [0.25, 0.3) is 0 Å². The maximum absolute atomic E-state index is 12.1. The molecule has 0 aliphatic heterocycles. The Hall–Kier alpha value is -0.810. The molecule has 0 spiro atoms. The summed E-state index contributed by atoms with van der Waals surface area (Å²) in [5.74, 6) is 0.489. The molecule has 4 nitrogen and oxygen atoms in total. The number of nitrogens with two attached hydrogens (primary N) is 1. The summed E-state index contributed by atoms with van der Waals surface area (Å²) in [6, 6.07) is 5.39. The number of hydrogen-bond acceptors (Lipinski definition) is 3. The highest BCUT2D eigenvalue weighted by molar-refractivity contribution is 6.39. The van der Waals surface area contributed by atoms with Crippen molar-refractivity contribution in [3.8, 4) is 0 Å². The van der Waals surface area contributed by atoms with E-state index in [1.54, 1.807) is 18.2 Å². The Labute approximate surface area is 129 Å². The predicted molar refractivity (Wildman–Crippen MR) is 83.3 cm³/mol. The van der Waals surface area contributed by atoms with Crippen LogP contribution in [-0.4, -0.2) is 37.0 Å². The minimum absolute atomic E-state index is 0.137. The number of carbonyl (C=O) groups is 1. The van der Waals surface area contributed by atoms with E-state index < -0.39 is 0 Å². The zero-order valence-corrected chi connectivity index (χ0v) is 12.9. The van der Waals surface area contributed by atoms with Gasteiger partial charge in [0.1, 0.15) is 0 Å². The smallest absolute Gasteiger partial charge is 0.238 e. The van der Waals surface area contributed by atoms with Gasteiger partial charge in [-0.05, 0) is 37.9 Å². The summed E-state index contributed by atoms with van der Waals surface area (Å²) >= 11 is 12.1. The summed E-state index contributed by atoms with van der Waals surface area (Å²) in [6.07, 6.45) is 2.40. The standard InChI is InChI=1S/C14H19Cl2N3O/c1-19(12(7-17)9-5-6-9)8-13(20)18-14-10(15)3-2-4-11(14)16/h2-4,9,12H,5-8,17H2,1H3,(H,18,20). The van der Waals surface area contributed by atoms with Crippen molar-refractivity contribution in [2.75, 3.05) is 25.5 Å². The molecule has 20 heavy (non-hydrogen) atoms. The van der Waals surface area contributed by atoms with Crippen molar-refractivity contribution < 1.29 is 4.79 Å². The van der Waals surface area contributed by atoms with Crippen LogP contribution in [0.2, 0.25) is 10.0 Å². The van der Waals surface area contributed by atoms with Crippen LogP contribution in [0.1, 0.15) is 12.8 Å². The Morgan fingerprint density at radius 2 is 2.05 bits per heavy atom. The monoisotopic (exact) mass is 315 g/mol. The minimum atomic E-state index is -0.137. The van der Waals surface area contributed by atoms with E-state index in [1.807, 2.05) is 11.9 Å². The molecule has 6 heteroatoms. The second-order valence-corrected chi connectivity index (χ2v) is 6.01. The molecular weight excluding hydrogens is 297 g/mol. The summed E-state index contributed by atoms with van der Waals surface area (Å²) < 4.78 is 0. The van der Waals surface area contributed by atoms with Crippen LogP contribution in [0.4, 0.5) is 5.69 Å². The van der Waals surface area contributed by atoms with Gasteiger partial charge in [-0.2, -0.15) is 0 Å². The molecule has 1 saturated carbocycles. The number of likely N-dealkylation sites (N-methyl/N-ethyl adjacent to an activating group) is 1. The fourth-order valence-electron chi connectivity index (χ4n) is 2.35. The van der Waals surface area contributed by atoms with Crippen molar-refractivity contribution in [2.24, 2.45) is 11.7 Å². The van der Waals surface area contributed by atoms with E-state index in [0.717, 1.165) is 0 Å². The molecule has 1 atom stereocenters. The van der Waals surface area contributed by atoms with Gasteiger partial charge in [0.2, 0.25) is 5.91 Å². The van der Waals surface area contributed by atoms with Crippen LogP contribution >= 0.6 is 23.2 Å². The van der Waals surface area contributed by atoms with E-state index in [-0.39, 0.29) is 18.5 Å². The summed E-state index contributed by atoms with van der Waals surface area (Å²) in [6.45, 7) is 0.848. The van der Waals surface area contributed by atoms with Crippen molar-refractivity contribution in [3.05, 3.63) is 28.2 Å².